The Morgan fingerprint density at radius 2 is 1.87 bits per heavy atom. The molecule has 204 valence electrons. The predicted molar refractivity (Wildman–Crippen MR) is 159 cm³/mol. The molecule has 0 unspecified atom stereocenters. The lowest BCUT2D eigenvalue weighted by molar-refractivity contribution is -0.123. The standard InChI is InChI=1S/C29H32IN5O4/c1-5-35(6-2)25-12-9-22(27(14-25)38-17-21-7-10-24(30)11-8-21)16-32-34-28(36)19-39-29-26(15-31)23(18-37-4)13-20(3)33-29/h7-14,16H,5-6,17-19H2,1-4H3,(H,34,36)/b32-16-. The number of pyridine rings is 1. The van der Waals surface area contributed by atoms with Crippen LogP contribution in [0.5, 0.6) is 11.6 Å². The zero-order chi connectivity index (χ0) is 28.2. The van der Waals surface area contributed by atoms with Gasteiger partial charge in [-0.2, -0.15) is 10.4 Å². The first kappa shape index (κ1) is 29.9. The van der Waals surface area contributed by atoms with Crippen LogP contribution in [0.2, 0.25) is 0 Å². The average Bonchev–Trinajstić information content (AvgIpc) is 2.93. The number of halogens is 1. The third-order valence-electron chi connectivity index (χ3n) is 5.77. The minimum atomic E-state index is -0.493. The van der Waals surface area contributed by atoms with Gasteiger partial charge in [-0.15, -0.1) is 0 Å². The molecule has 0 aliphatic carbocycles. The van der Waals surface area contributed by atoms with Gasteiger partial charge in [0.2, 0.25) is 5.88 Å². The lowest BCUT2D eigenvalue weighted by Crippen LogP contribution is -2.25. The molecule has 10 heteroatoms. The molecule has 0 fully saturated rings. The van der Waals surface area contributed by atoms with Gasteiger partial charge in [-0.25, -0.2) is 10.4 Å². The number of aryl methyl sites for hydroxylation is 1. The van der Waals surface area contributed by atoms with Crippen LogP contribution in [0.1, 0.15) is 41.8 Å². The molecular weight excluding hydrogens is 609 g/mol. The summed E-state index contributed by atoms with van der Waals surface area (Å²) in [6.07, 6.45) is 1.54. The second-order valence-corrected chi connectivity index (χ2v) is 9.78. The summed E-state index contributed by atoms with van der Waals surface area (Å²) in [5.74, 6) is 0.246. The first-order valence-corrected chi connectivity index (χ1v) is 13.6. The van der Waals surface area contributed by atoms with Crippen molar-refractivity contribution >= 4 is 40.4 Å². The van der Waals surface area contributed by atoms with Crippen molar-refractivity contribution in [2.45, 2.75) is 34.0 Å². The summed E-state index contributed by atoms with van der Waals surface area (Å²) in [5, 5.41) is 13.6. The first-order valence-electron chi connectivity index (χ1n) is 12.5. The number of nitriles is 1. The number of nitrogens with one attached hydrogen (secondary N) is 1. The Bertz CT molecular complexity index is 1330. The Balaban J connectivity index is 1.70. The van der Waals surface area contributed by atoms with E-state index in [2.05, 4.69) is 62.9 Å². The molecule has 2 aromatic carbocycles. The van der Waals surface area contributed by atoms with Gasteiger partial charge in [-0.05, 0) is 79.3 Å². The SMILES string of the molecule is CCN(CC)c1ccc(/C=N\NC(=O)COc2nc(C)cc(COC)c2C#N)c(OCc2ccc(I)cc2)c1. The van der Waals surface area contributed by atoms with E-state index >= 15 is 0 Å². The molecule has 0 saturated heterocycles. The summed E-state index contributed by atoms with van der Waals surface area (Å²) in [4.78, 5) is 18.9. The van der Waals surface area contributed by atoms with E-state index in [-0.39, 0.29) is 24.7 Å². The minimum absolute atomic E-state index is 0.0851. The number of carbonyl (C=O) groups excluding carboxylic acids is 1. The first-order chi connectivity index (χ1) is 18.9. The summed E-state index contributed by atoms with van der Waals surface area (Å²) in [7, 11) is 1.54. The number of ether oxygens (including phenoxy) is 3. The highest BCUT2D eigenvalue weighted by Gasteiger charge is 2.14. The Labute approximate surface area is 242 Å². The predicted octanol–water partition coefficient (Wildman–Crippen LogP) is 4.97. The van der Waals surface area contributed by atoms with Gasteiger partial charge in [-0.3, -0.25) is 4.79 Å². The van der Waals surface area contributed by atoms with Gasteiger partial charge in [-0.1, -0.05) is 12.1 Å². The zero-order valence-corrected chi connectivity index (χ0v) is 24.7. The van der Waals surface area contributed by atoms with Crippen molar-refractivity contribution < 1.29 is 19.0 Å². The highest BCUT2D eigenvalue weighted by atomic mass is 127. The van der Waals surface area contributed by atoms with E-state index in [1.165, 1.54) is 6.21 Å². The van der Waals surface area contributed by atoms with E-state index < -0.39 is 5.91 Å². The Kier molecular flexibility index (Phi) is 11.5. The summed E-state index contributed by atoms with van der Waals surface area (Å²) in [6.45, 7) is 8.00. The quantitative estimate of drug-likeness (QED) is 0.160. The fourth-order valence-electron chi connectivity index (χ4n) is 3.83. The van der Waals surface area contributed by atoms with Crippen molar-refractivity contribution in [3.05, 3.63) is 80.0 Å². The van der Waals surface area contributed by atoms with Crippen molar-refractivity contribution in [3.63, 3.8) is 0 Å². The highest BCUT2D eigenvalue weighted by Crippen LogP contribution is 2.26. The maximum atomic E-state index is 12.4. The summed E-state index contributed by atoms with van der Waals surface area (Å²) in [6, 6.07) is 17.9. The Morgan fingerprint density at radius 1 is 1.13 bits per heavy atom. The molecule has 0 aliphatic rings. The van der Waals surface area contributed by atoms with E-state index in [9.17, 15) is 10.1 Å². The zero-order valence-electron chi connectivity index (χ0n) is 22.5. The highest BCUT2D eigenvalue weighted by molar-refractivity contribution is 14.1. The van der Waals surface area contributed by atoms with Crippen molar-refractivity contribution in [2.24, 2.45) is 5.10 Å². The fourth-order valence-corrected chi connectivity index (χ4v) is 4.18. The largest absolute Gasteiger partial charge is 0.488 e. The number of hydrogen-bond donors (Lipinski definition) is 1. The van der Waals surface area contributed by atoms with Crippen molar-refractivity contribution in [3.8, 4) is 17.7 Å². The van der Waals surface area contributed by atoms with Crippen LogP contribution in [-0.4, -0.2) is 43.9 Å². The normalized spacial score (nSPS) is 10.8. The molecule has 3 aromatic rings. The molecule has 9 nitrogen and oxygen atoms in total. The average molecular weight is 642 g/mol. The number of hydrazone groups is 1. The van der Waals surface area contributed by atoms with E-state index in [1.54, 1.807) is 20.1 Å². The molecule has 0 aliphatic heterocycles. The molecule has 0 radical (unpaired) electrons. The van der Waals surface area contributed by atoms with E-state index in [0.29, 0.717) is 29.2 Å². The topological polar surface area (TPSA) is 109 Å². The fraction of sp³-hybridized carbons (Fsp3) is 0.310. The molecule has 1 amide bonds. The Hall–Kier alpha value is -3.69. The number of benzene rings is 2. The van der Waals surface area contributed by atoms with Gasteiger partial charge in [0.1, 0.15) is 24.0 Å². The Morgan fingerprint density at radius 3 is 2.54 bits per heavy atom. The van der Waals surface area contributed by atoms with Gasteiger partial charge in [0.25, 0.3) is 5.91 Å². The molecular formula is C29H32IN5O4. The monoisotopic (exact) mass is 641 g/mol. The summed E-state index contributed by atoms with van der Waals surface area (Å²) >= 11 is 2.27. The number of nitrogens with zero attached hydrogens (tertiary/aromatic N) is 4. The van der Waals surface area contributed by atoms with Crippen molar-refractivity contribution in [2.75, 3.05) is 31.7 Å². The lowest BCUT2D eigenvalue weighted by atomic mass is 10.1. The van der Waals surface area contributed by atoms with Crippen LogP contribution in [0.3, 0.4) is 0 Å². The van der Waals surface area contributed by atoms with Crippen LogP contribution in [0.4, 0.5) is 5.69 Å². The third-order valence-corrected chi connectivity index (χ3v) is 6.49. The number of hydrogen-bond acceptors (Lipinski definition) is 8. The van der Waals surface area contributed by atoms with Crippen molar-refractivity contribution in [1.82, 2.24) is 10.4 Å². The maximum absolute atomic E-state index is 12.4. The van der Waals surface area contributed by atoms with Gasteiger partial charge < -0.3 is 19.1 Å². The van der Waals surface area contributed by atoms with Crippen molar-refractivity contribution in [1.29, 1.82) is 5.26 Å². The second-order valence-electron chi connectivity index (χ2n) is 8.54. The molecule has 0 saturated carbocycles. The van der Waals surface area contributed by atoms with E-state index in [1.807, 2.05) is 42.5 Å². The molecule has 1 heterocycles. The molecule has 0 bridgehead atoms. The number of carbonyl (C=O) groups is 1. The molecule has 1 N–H and O–H groups in total. The van der Waals surface area contributed by atoms with Crippen LogP contribution < -0.4 is 19.8 Å². The summed E-state index contributed by atoms with van der Waals surface area (Å²) in [5.41, 5.74) is 6.81. The number of aromatic nitrogens is 1. The number of methoxy groups -OCH3 is 1. The van der Waals surface area contributed by atoms with Gasteiger partial charge in [0, 0.05) is 52.3 Å². The maximum Gasteiger partial charge on any atom is 0.278 e. The molecule has 1 aromatic heterocycles. The van der Waals surface area contributed by atoms with Gasteiger partial charge in [0.05, 0.1) is 12.8 Å². The molecule has 39 heavy (non-hydrogen) atoms. The van der Waals surface area contributed by atoms with Crippen LogP contribution >= 0.6 is 22.6 Å². The van der Waals surface area contributed by atoms with E-state index in [4.69, 9.17) is 14.2 Å². The third kappa shape index (κ3) is 8.66. The number of amides is 1. The summed E-state index contributed by atoms with van der Waals surface area (Å²) < 4.78 is 18.0. The van der Waals surface area contributed by atoms with Crippen LogP contribution in [-0.2, 0) is 22.7 Å². The number of anilines is 1. The smallest absolute Gasteiger partial charge is 0.278 e. The van der Waals surface area contributed by atoms with Crippen LogP contribution in [0.15, 0.2) is 53.6 Å². The van der Waals surface area contributed by atoms with Gasteiger partial charge in [0.15, 0.2) is 6.61 Å². The van der Waals surface area contributed by atoms with Crippen LogP contribution in [0.25, 0.3) is 0 Å². The molecule has 3 rings (SSSR count). The molecule has 0 spiro atoms. The van der Waals surface area contributed by atoms with E-state index in [0.717, 1.165) is 27.9 Å². The lowest BCUT2D eigenvalue weighted by Gasteiger charge is -2.22. The van der Waals surface area contributed by atoms with Gasteiger partial charge >= 0.3 is 0 Å². The second kappa shape index (κ2) is 15.0. The van der Waals surface area contributed by atoms with Crippen LogP contribution in [0, 0.1) is 21.8 Å². The minimum Gasteiger partial charge on any atom is -0.488 e. The number of rotatable bonds is 13. The molecule has 0 atom stereocenters.